The highest BCUT2D eigenvalue weighted by Gasteiger charge is 2.22. The van der Waals surface area contributed by atoms with Crippen molar-refractivity contribution in [2.45, 2.75) is 19.9 Å². The summed E-state index contributed by atoms with van der Waals surface area (Å²) in [5, 5.41) is 18.1. The highest BCUT2D eigenvalue weighted by Crippen LogP contribution is 2.35. The lowest BCUT2D eigenvalue weighted by Crippen LogP contribution is -2.15. The smallest absolute Gasteiger partial charge is 0.224 e. The van der Waals surface area contributed by atoms with E-state index in [1.54, 1.807) is 17.5 Å². The van der Waals surface area contributed by atoms with Gasteiger partial charge in [0.25, 0.3) is 0 Å². The molecule has 0 saturated heterocycles. The van der Waals surface area contributed by atoms with Crippen LogP contribution in [0.25, 0.3) is 16.9 Å². The molecule has 0 aliphatic carbocycles. The van der Waals surface area contributed by atoms with Crippen molar-refractivity contribution in [2.75, 3.05) is 16.8 Å². The number of hydrogen-bond donors (Lipinski definition) is 3. The Hall–Kier alpha value is -3.61. The fourth-order valence-electron chi connectivity index (χ4n) is 3.25. The molecule has 4 aromatic rings. The quantitative estimate of drug-likeness (QED) is 0.420. The van der Waals surface area contributed by atoms with E-state index in [9.17, 15) is 5.26 Å². The fourth-order valence-corrected chi connectivity index (χ4v) is 3.64. The van der Waals surface area contributed by atoms with Gasteiger partial charge in [-0.2, -0.15) is 20.3 Å². The molecule has 0 amide bonds. The number of nitriles is 1. The molecule has 0 aliphatic rings. The lowest BCUT2D eigenvalue weighted by atomic mass is 10.0. The summed E-state index contributed by atoms with van der Waals surface area (Å²) in [6, 6.07) is 8.99. The lowest BCUT2D eigenvalue weighted by molar-refractivity contribution is 0.826. The summed E-state index contributed by atoms with van der Waals surface area (Å²) in [5.41, 5.74) is 14.9. The Morgan fingerprint density at radius 3 is 2.61 bits per heavy atom. The van der Waals surface area contributed by atoms with Gasteiger partial charge >= 0.3 is 0 Å². The molecule has 156 valence electrons. The molecule has 0 bridgehead atoms. The molecule has 0 saturated carbocycles. The summed E-state index contributed by atoms with van der Waals surface area (Å²) in [6.45, 7) is 3.69. The topological polar surface area (TPSA) is 144 Å². The number of anilines is 3. The molecule has 11 heteroatoms. The van der Waals surface area contributed by atoms with Crippen LogP contribution in [-0.4, -0.2) is 24.6 Å². The van der Waals surface area contributed by atoms with Crippen molar-refractivity contribution in [1.82, 2.24) is 24.6 Å². The highest BCUT2D eigenvalue weighted by atomic mass is 35.5. The summed E-state index contributed by atoms with van der Waals surface area (Å²) in [6.07, 6.45) is 1.82. The molecule has 5 N–H and O–H groups in total. The van der Waals surface area contributed by atoms with Crippen molar-refractivity contribution in [3.8, 4) is 17.3 Å². The van der Waals surface area contributed by atoms with E-state index in [2.05, 4.69) is 20.4 Å². The molecular weight excluding hydrogens is 437 g/mol. The van der Waals surface area contributed by atoms with Crippen molar-refractivity contribution >= 4 is 46.4 Å². The second kappa shape index (κ2) is 7.91. The van der Waals surface area contributed by atoms with Crippen molar-refractivity contribution < 1.29 is 0 Å². The fraction of sp³-hybridized carbons (Fsp3) is 0.150. The minimum absolute atomic E-state index is 0.000845. The van der Waals surface area contributed by atoms with Gasteiger partial charge in [0.15, 0.2) is 11.5 Å². The van der Waals surface area contributed by atoms with Crippen molar-refractivity contribution in [2.24, 2.45) is 0 Å². The number of aryl methyl sites for hydroxylation is 1. The summed E-state index contributed by atoms with van der Waals surface area (Å²) in [7, 11) is 0. The maximum absolute atomic E-state index is 9.47. The molecule has 0 unspecified atom stereocenters. The van der Waals surface area contributed by atoms with E-state index in [0.717, 1.165) is 11.1 Å². The number of rotatable bonds is 4. The monoisotopic (exact) mass is 453 g/mol. The van der Waals surface area contributed by atoms with Gasteiger partial charge in [0, 0.05) is 22.3 Å². The number of benzene rings is 1. The van der Waals surface area contributed by atoms with Gasteiger partial charge in [-0.25, -0.2) is 9.50 Å². The molecule has 3 heterocycles. The van der Waals surface area contributed by atoms with Gasteiger partial charge in [0.2, 0.25) is 5.95 Å². The molecule has 1 aromatic carbocycles. The number of halogens is 2. The lowest BCUT2D eigenvalue weighted by Gasteiger charge is -2.20. The molecule has 0 spiro atoms. The van der Waals surface area contributed by atoms with Crippen LogP contribution in [0.15, 0.2) is 30.5 Å². The zero-order valence-electron chi connectivity index (χ0n) is 16.6. The molecule has 1 atom stereocenters. The minimum Gasteiger partial charge on any atom is -0.382 e. The number of hydrogen-bond acceptors (Lipinski definition) is 8. The predicted molar refractivity (Wildman–Crippen MR) is 121 cm³/mol. The molecule has 0 aliphatic heterocycles. The molecule has 3 aromatic heterocycles. The SMILES string of the molecule is Cc1nn2cc([C@H](C)Nc3nc(N)nc(N)c3C#N)c(-c3ccccc3Cl)nc2c1Cl. The number of nitrogen functional groups attached to an aromatic ring is 2. The van der Waals surface area contributed by atoms with Gasteiger partial charge in [-0.3, -0.25) is 0 Å². The van der Waals surface area contributed by atoms with Gasteiger partial charge in [-0.05, 0) is 19.9 Å². The normalized spacial score (nSPS) is 12.0. The largest absolute Gasteiger partial charge is 0.382 e. The van der Waals surface area contributed by atoms with Gasteiger partial charge < -0.3 is 16.8 Å². The van der Waals surface area contributed by atoms with Crippen LogP contribution in [0.2, 0.25) is 10.0 Å². The second-order valence-electron chi connectivity index (χ2n) is 6.86. The average Bonchev–Trinajstić information content (AvgIpc) is 3.00. The van der Waals surface area contributed by atoms with E-state index in [1.165, 1.54) is 0 Å². The van der Waals surface area contributed by atoms with Crippen LogP contribution in [0.1, 0.15) is 29.8 Å². The van der Waals surface area contributed by atoms with Gasteiger partial charge in [0.1, 0.15) is 22.5 Å². The number of nitrogens with one attached hydrogen (secondary N) is 1. The number of nitrogens with zero attached hydrogens (tertiary/aromatic N) is 6. The maximum atomic E-state index is 9.47. The van der Waals surface area contributed by atoms with Crippen LogP contribution < -0.4 is 16.8 Å². The van der Waals surface area contributed by atoms with Gasteiger partial charge in [-0.1, -0.05) is 41.4 Å². The second-order valence-corrected chi connectivity index (χ2v) is 7.65. The number of aromatic nitrogens is 5. The van der Waals surface area contributed by atoms with Crippen LogP contribution in [-0.2, 0) is 0 Å². The summed E-state index contributed by atoms with van der Waals surface area (Å²) in [5.74, 6) is 0.180. The number of fused-ring (bicyclic) bond motifs is 1. The maximum Gasteiger partial charge on any atom is 0.224 e. The third-order valence-corrected chi connectivity index (χ3v) is 5.53. The van der Waals surface area contributed by atoms with Crippen molar-refractivity contribution in [3.05, 3.63) is 57.3 Å². The van der Waals surface area contributed by atoms with E-state index in [1.807, 2.05) is 37.4 Å². The standard InChI is InChI=1S/C20H17Cl2N9/c1-9(26-18-12(7-23)17(24)28-20(25)29-18)13-8-31-19(15(22)10(2)30-31)27-16(13)11-5-3-4-6-14(11)21/h3-6,8-9H,1-2H3,(H5,24,25,26,28,29)/t9-/m0/s1. The molecule has 0 radical (unpaired) electrons. The van der Waals surface area contributed by atoms with Crippen molar-refractivity contribution in [3.63, 3.8) is 0 Å². The Kier molecular flexibility index (Phi) is 5.27. The average molecular weight is 454 g/mol. The first-order chi connectivity index (χ1) is 14.8. The van der Waals surface area contributed by atoms with Crippen LogP contribution in [0.5, 0.6) is 0 Å². The first-order valence-electron chi connectivity index (χ1n) is 9.20. The third-order valence-electron chi connectivity index (χ3n) is 4.76. The zero-order chi connectivity index (χ0) is 22.3. The number of nitrogens with two attached hydrogens (primary N) is 2. The van der Waals surface area contributed by atoms with E-state index >= 15 is 0 Å². The zero-order valence-corrected chi connectivity index (χ0v) is 18.1. The van der Waals surface area contributed by atoms with Crippen LogP contribution in [0.3, 0.4) is 0 Å². The summed E-state index contributed by atoms with van der Waals surface area (Å²) >= 11 is 12.9. The molecule has 9 nitrogen and oxygen atoms in total. The Balaban J connectivity index is 1.90. The first kappa shape index (κ1) is 20.7. The molecule has 0 fully saturated rings. The van der Waals surface area contributed by atoms with E-state index < -0.39 is 0 Å². The van der Waals surface area contributed by atoms with Gasteiger partial charge in [0.05, 0.1) is 17.4 Å². The highest BCUT2D eigenvalue weighted by molar-refractivity contribution is 6.34. The Labute approximate surface area is 187 Å². The first-order valence-corrected chi connectivity index (χ1v) is 9.95. The Morgan fingerprint density at radius 2 is 1.90 bits per heavy atom. The molecular formula is C20H17Cl2N9. The van der Waals surface area contributed by atoms with Crippen LogP contribution >= 0.6 is 23.2 Å². The van der Waals surface area contributed by atoms with Crippen molar-refractivity contribution in [1.29, 1.82) is 5.26 Å². The van der Waals surface area contributed by atoms with Gasteiger partial charge in [-0.15, -0.1) is 0 Å². The Bertz CT molecular complexity index is 1360. The summed E-state index contributed by atoms with van der Waals surface area (Å²) in [4.78, 5) is 12.7. The summed E-state index contributed by atoms with van der Waals surface area (Å²) < 4.78 is 1.61. The van der Waals surface area contributed by atoms with E-state index in [0.29, 0.717) is 27.1 Å². The van der Waals surface area contributed by atoms with Crippen LogP contribution in [0, 0.1) is 18.3 Å². The minimum atomic E-state index is -0.382. The Morgan fingerprint density at radius 1 is 1.16 bits per heavy atom. The van der Waals surface area contributed by atoms with Crippen LogP contribution in [0.4, 0.5) is 17.6 Å². The molecule has 4 rings (SSSR count). The third kappa shape index (κ3) is 3.67. The van der Waals surface area contributed by atoms with E-state index in [4.69, 9.17) is 39.7 Å². The molecule has 31 heavy (non-hydrogen) atoms. The van der Waals surface area contributed by atoms with E-state index in [-0.39, 0.29) is 29.2 Å². The predicted octanol–water partition coefficient (Wildman–Crippen LogP) is 4.01.